The van der Waals surface area contributed by atoms with Crippen LogP contribution in [0.3, 0.4) is 0 Å². The molecule has 0 bridgehead atoms. The number of H-pyrrole nitrogens is 1. The average molecular weight is 532 g/mol. The van der Waals surface area contributed by atoms with Crippen LogP contribution in [-0.2, 0) is 30.3 Å². The Kier molecular flexibility index (Phi) is 10.3. The van der Waals surface area contributed by atoms with Gasteiger partial charge in [0.15, 0.2) is 0 Å². The fourth-order valence-electron chi connectivity index (χ4n) is 3.79. The summed E-state index contributed by atoms with van der Waals surface area (Å²) in [6.45, 7) is 8.60. The Hall–Kier alpha value is -4.09. The minimum absolute atomic E-state index is 0.0901. The standard InChI is InChI=1S/C26H37N5O7/c1-6-14(2)21(24(36)29-18(22(27)34)12-20(32)33)31-23(35)19(30-25(37)38-26(3,4)5)11-15-13-28-17-10-8-7-9-16(15)17/h7-10,13-14,18-19,21,28H,6,11-12H2,1-5H3,(H2,27,34)(H,29,36)(H,30,37)(H,31,35)(H,32,33)/t14-,18-,19-,21-/m0/s1. The number of nitrogens with two attached hydrogens (primary N) is 1. The number of nitrogens with one attached hydrogen (secondary N) is 4. The van der Waals surface area contributed by atoms with Gasteiger partial charge in [-0.05, 0) is 38.3 Å². The molecule has 0 aliphatic heterocycles. The second-order valence-corrected chi connectivity index (χ2v) is 10.2. The summed E-state index contributed by atoms with van der Waals surface area (Å²) in [5.41, 5.74) is 6.06. The van der Waals surface area contributed by atoms with Gasteiger partial charge in [-0.25, -0.2) is 4.79 Å². The Balaban J connectivity index is 2.31. The first-order valence-electron chi connectivity index (χ1n) is 12.4. The highest BCUT2D eigenvalue weighted by molar-refractivity contribution is 5.95. The van der Waals surface area contributed by atoms with Crippen molar-refractivity contribution in [1.29, 1.82) is 0 Å². The number of alkyl carbamates (subject to hydrolysis) is 1. The van der Waals surface area contributed by atoms with Gasteiger partial charge < -0.3 is 36.5 Å². The van der Waals surface area contributed by atoms with E-state index in [1.165, 1.54) is 0 Å². The zero-order chi connectivity index (χ0) is 28.6. The van der Waals surface area contributed by atoms with Gasteiger partial charge in [-0.15, -0.1) is 0 Å². The van der Waals surface area contributed by atoms with Crippen molar-refractivity contribution in [3.63, 3.8) is 0 Å². The normalized spacial score (nSPS) is 14.6. The summed E-state index contributed by atoms with van der Waals surface area (Å²) in [5, 5.41) is 17.5. The van der Waals surface area contributed by atoms with Crippen molar-refractivity contribution in [3.05, 3.63) is 36.0 Å². The largest absolute Gasteiger partial charge is 0.481 e. The molecule has 0 fully saturated rings. The third kappa shape index (κ3) is 8.79. The predicted molar refractivity (Wildman–Crippen MR) is 140 cm³/mol. The van der Waals surface area contributed by atoms with Gasteiger partial charge in [0.05, 0.1) is 6.42 Å². The average Bonchev–Trinajstić information content (AvgIpc) is 3.22. The van der Waals surface area contributed by atoms with Gasteiger partial charge in [0.25, 0.3) is 0 Å². The lowest BCUT2D eigenvalue weighted by atomic mass is 9.96. The number of rotatable bonds is 12. The Morgan fingerprint density at radius 2 is 1.68 bits per heavy atom. The number of hydrogen-bond donors (Lipinski definition) is 6. The molecule has 0 unspecified atom stereocenters. The van der Waals surface area contributed by atoms with Gasteiger partial charge in [-0.2, -0.15) is 0 Å². The molecular formula is C26H37N5O7. The lowest BCUT2D eigenvalue weighted by molar-refractivity contribution is -0.140. The third-order valence-corrected chi connectivity index (χ3v) is 5.94. The van der Waals surface area contributed by atoms with E-state index in [-0.39, 0.29) is 6.42 Å². The molecule has 2 aromatic rings. The molecule has 0 saturated carbocycles. The van der Waals surface area contributed by atoms with Gasteiger partial charge in [0, 0.05) is 23.5 Å². The Labute approximate surface area is 221 Å². The van der Waals surface area contributed by atoms with Crippen LogP contribution in [0.15, 0.2) is 30.5 Å². The Morgan fingerprint density at radius 1 is 1.03 bits per heavy atom. The summed E-state index contributed by atoms with van der Waals surface area (Å²) in [4.78, 5) is 65.0. The van der Waals surface area contributed by atoms with Crippen molar-refractivity contribution < 1.29 is 33.8 Å². The molecule has 0 saturated heterocycles. The maximum absolute atomic E-state index is 13.5. The predicted octanol–water partition coefficient (Wildman–Crippen LogP) is 1.58. The first-order valence-corrected chi connectivity index (χ1v) is 12.4. The molecule has 0 aliphatic carbocycles. The van der Waals surface area contributed by atoms with E-state index >= 15 is 0 Å². The number of amides is 4. The van der Waals surface area contributed by atoms with Gasteiger partial charge in [-0.3, -0.25) is 19.2 Å². The molecule has 1 aromatic carbocycles. The summed E-state index contributed by atoms with van der Waals surface area (Å²) < 4.78 is 5.34. The number of para-hydroxylation sites is 1. The van der Waals surface area contributed by atoms with Gasteiger partial charge in [0.1, 0.15) is 23.7 Å². The molecule has 12 heteroatoms. The molecule has 0 spiro atoms. The fourth-order valence-corrected chi connectivity index (χ4v) is 3.79. The van der Waals surface area contributed by atoms with Crippen LogP contribution in [0.2, 0.25) is 0 Å². The highest BCUT2D eigenvalue weighted by Gasteiger charge is 2.33. The molecule has 2 rings (SSSR count). The van der Waals surface area contributed by atoms with Crippen LogP contribution < -0.4 is 21.7 Å². The number of ether oxygens (including phenoxy) is 1. The van der Waals surface area contributed by atoms with Crippen molar-refractivity contribution >= 4 is 40.7 Å². The van der Waals surface area contributed by atoms with E-state index in [1.807, 2.05) is 31.2 Å². The number of fused-ring (bicyclic) bond motifs is 1. The topological polar surface area (TPSA) is 193 Å². The molecule has 4 atom stereocenters. The molecule has 1 heterocycles. The third-order valence-electron chi connectivity index (χ3n) is 5.94. The summed E-state index contributed by atoms with van der Waals surface area (Å²) in [7, 11) is 0. The number of aliphatic carboxylic acids is 1. The van der Waals surface area contributed by atoms with Crippen LogP contribution in [0.1, 0.15) is 53.0 Å². The van der Waals surface area contributed by atoms with E-state index < -0.39 is 65.8 Å². The van der Waals surface area contributed by atoms with E-state index in [0.717, 1.165) is 16.5 Å². The van der Waals surface area contributed by atoms with Crippen LogP contribution in [-0.4, -0.2) is 63.6 Å². The number of primary amides is 1. The van der Waals surface area contributed by atoms with Crippen molar-refractivity contribution in [1.82, 2.24) is 20.9 Å². The monoisotopic (exact) mass is 531 g/mol. The number of benzene rings is 1. The van der Waals surface area contributed by atoms with E-state index in [0.29, 0.717) is 6.42 Å². The van der Waals surface area contributed by atoms with Crippen LogP contribution in [0, 0.1) is 5.92 Å². The van der Waals surface area contributed by atoms with Crippen molar-refractivity contribution in [2.75, 3.05) is 0 Å². The molecule has 38 heavy (non-hydrogen) atoms. The molecule has 0 aliphatic rings. The summed E-state index contributed by atoms with van der Waals surface area (Å²) >= 11 is 0. The zero-order valence-electron chi connectivity index (χ0n) is 22.3. The maximum Gasteiger partial charge on any atom is 0.408 e. The maximum atomic E-state index is 13.5. The summed E-state index contributed by atoms with van der Waals surface area (Å²) in [5.74, 6) is -4.15. The number of aromatic nitrogens is 1. The minimum atomic E-state index is -1.45. The fraction of sp³-hybridized carbons (Fsp3) is 0.500. The number of hydrogen-bond acceptors (Lipinski definition) is 6. The number of carboxylic acids is 1. The molecule has 1 aromatic heterocycles. The van der Waals surface area contributed by atoms with E-state index in [9.17, 15) is 24.0 Å². The molecule has 4 amide bonds. The number of carbonyl (C=O) groups is 5. The SMILES string of the molecule is CC[C@H](C)[C@H](NC(=O)[C@H](Cc1c[nH]c2ccccc12)NC(=O)OC(C)(C)C)C(=O)N[C@@H](CC(=O)O)C(N)=O. The van der Waals surface area contributed by atoms with Crippen LogP contribution >= 0.6 is 0 Å². The van der Waals surface area contributed by atoms with E-state index in [1.54, 1.807) is 33.9 Å². The lowest BCUT2D eigenvalue weighted by Crippen LogP contribution is -2.59. The number of carboxylic acid groups (broad SMARTS) is 1. The highest BCUT2D eigenvalue weighted by Crippen LogP contribution is 2.20. The first-order chi connectivity index (χ1) is 17.7. The molecular weight excluding hydrogens is 494 g/mol. The smallest absolute Gasteiger partial charge is 0.408 e. The second kappa shape index (κ2) is 12.9. The van der Waals surface area contributed by atoms with E-state index in [2.05, 4.69) is 20.9 Å². The van der Waals surface area contributed by atoms with Crippen LogP contribution in [0.25, 0.3) is 10.9 Å². The van der Waals surface area contributed by atoms with Crippen molar-refractivity contribution in [2.45, 2.75) is 77.6 Å². The summed E-state index contributed by atoms with van der Waals surface area (Å²) in [6.07, 6.45) is 0.797. The zero-order valence-corrected chi connectivity index (χ0v) is 22.3. The van der Waals surface area contributed by atoms with Gasteiger partial charge >= 0.3 is 12.1 Å². The minimum Gasteiger partial charge on any atom is -0.481 e. The first kappa shape index (κ1) is 30.1. The van der Waals surface area contributed by atoms with Crippen molar-refractivity contribution in [3.8, 4) is 0 Å². The van der Waals surface area contributed by atoms with E-state index in [4.69, 9.17) is 15.6 Å². The summed E-state index contributed by atoms with van der Waals surface area (Å²) in [6, 6.07) is 3.78. The van der Waals surface area contributed by atoms with Crippen LogP contribution in [0.4, 0.5) is 4.79 Å². The van der Waals surface area contributed by atoms with Gasteiger partial charge in [0.2, 0.25) is 17.7 Å². The van der Waals surface area contributed by atoms with Crippen molar-refractivity contribution in [2.24, 2.45) is 11.7 Å². The number of aromatic amines is 1. The Morgan fingerprint density at radius 3 is 2.26 bits per heavy atom. The number of carbonyl (C=O) groups excluding carboxylic acids is 4. The Bertz CT molecular complexity index is 1170. The molecule has 208 valence electrons. The highest BCUT2D eigenvalue weighted by atomic mass is 16.6. The molecule has 0 radical (unpaired) electrons. The van der Waals surface area contributed by atoms with Crippen LogP contribution in [0.5, 0.6) is 0 Å². The molecule has 7 N–H and O–H groups in total. The lowest BCUT2D eigenvalue weighted by Gasteiger charge is -2.28. The quantitative estimate of drug-likeness (QED) is 0.239. The van der Waals surface area contributed by atoms with Gasteiger partial charge in [-0.1, -0.05) is 38.5 Å². The molecule has 12 nitrogen and oxygen atoms in total. The second-order valence-electron chi connectivity index (χ2n) is 10.2.